The molecule has 1 aliphatic rings. The Hall–Kier alpha value is -2.42. The molecule has 7 nitrogen and oxygen atoms in total. The first kappa shape index (κ1) is 20.8. The number of rotatable bonds is 6. The summed E-state index contributed by atoms with van der Waals surface area (Å²) in [5.74, 6) is 0.946. The highest BCUT2D eigenvalue weighted by molar-refractivity contribution is 7.92. The Labute approximate surface area is 181 Å². The van der Waals surface area contributed by atoms with Gasteiger partial charge in [0.25, 0.3) is 0 Å². The number of para-hydroxylation sites is 1. The van der Waals surface area contributed by atoms with Crippen molar-refractivity contribution >= 4 is 44.3 Å². The van der Waals surface area contributed by atoms with Crippen molar-refractivity contribution in [3.8, 4) is 0 Å². The molecule has 0 spiro atoms. The number of hydrogen-bond acceptors (Lipinski definition) is 6. The van der Waals surface area contributed by atoms with Crippen molar-refractivity contribution in [1.29, 1.82) is 0 Å². The van der Waals surface area contributed by atoms with Crippen LogP contribution in [0.2, 0.25) is 5.02 Å². The molecule has 1 N–H and O–H groups in total. The minimum absolute atomic E-state index is 0.0214. The zero-order chi connectivity index (χ0) is 21.1. The summed E-state index contributed by atoms with van der Waals surface area (Å²) in [5.41, 5.74) is 1.65. The van der Waals surface area contributed by atoms with E-state index in [4.69, 9.17) is 11.6 Å². The molecule has 2 heterocycles. The average molecular weight is 446 g/mol. The van der Waals surface area contributed by atoms with E-state index in [1.54, 1.807) is 19.2 Å². The van der Waals surface area contributed by atoms with Crippen molar-refractivity contribution in [1.82, 2.24) is 15.3 Å². The average Bonchev–Trinajstić information content (AvgIpc) is 2.78. The third-order valence-electron chi connectivity index (χ3n) is 5.25. The summed E-state index contributed by atoms with van der Waals surface area (Å²) in [6, 6.07) is 14.7. The molecule has 0 saturated carbocycles. The number of sulfonamides is 1. The van der Waals surface area contributed by atoms with Crippen LogP contribution in [0.1, 0.15) is 5.56 Å². The first-order valence-corrected chi connectivity index (χ1v) is 11.9. The second kappa shape index (κ2) is 8.75. The third kappa shape index (κ3) is 4.50. The summed E-state index contributed by atoms with van der Waals surface area (Å²) in [6.45, 7) is 3.26. The van der Waals surface area contributed by atoms with Gasteiger partial charge in [-0.1, -0.05) is 35.9 Å². The van der Waals surface area contributed by atoms with Crippen molar-refractivity contribution in [2.24, 2.45) is 0 Å². The van der Waals surface area contributed by atoms with Gasteiger partial charge < -0.3 is 10.2 Å². The molecule has 1 saturated heterocycles. The van der Waals surface area contributed by atoms with Gasteiger partial charge >= 0.3 is 0 Å². The van der Waals surface area contributed by atoms with Crippen LogP contribution in [-0.2, 0) is 16.4 Å². The van der Waals surface area contributed by atoms with Crippen LogP contribution in [0.3, 0.4) is 0 Å². The SMILES string of the molecule is CN(c1nc(N2CCNCC2)nc2ccccc12)S(=O)(=O)CCc1ccc(Cl)cc1. The van der Waals surface area contributed by atoms with Crippen LogP contribution < -0.4 is 14.5 Å². The van der Waals surface area contributed by atoms with Gasteiger partial charge in [0.15, 0.2) is 5.82 Å². The number of aromatic nitrogens is 2. The first-order valence-electron chi connectivity index (χ1n) is 9.87. The van der Waals surface area contributed by atoms with Gasteiger partial charge in [-0.15, -0.1) is 0 Å². The van der Waals surface area contributed by atoms with Crippen LogP contribution in [0.15, 0.2) is 48.5 Å². The van der Waals surface area contributed by atoms with Crippen LogP contribution in [0.5, 0.6) is 0 Å². The predicted octanol–water partition coefficient (Wildman–Crippen LogP) is 2.70. The van der Waals surface area contributed by atoms with E-state index in [-0.39, 0.29) is 5.75 Å². The third-order valence-corrected chi connectivity index (χ3v) is 7.23. The summed E-state index contributed by atoms with van der Waals surface area (Å²) in [7, 11) is -2.02. The number of anilines is 2. The number of fused-ring (bicyclic) bond motifs is 1. The monoisotopic (exact) mass is 445 g/mol. The molecule has 0 amide bonds. The van der Waals surface area contributed by atoms with Crippen LogP contribution in [0, 0.1) is 0 Å². The molecule has 0 aliphatic carbocycles. The number of piperazine rings is 1. The van der Waals surface area contributed by atoms with E-state index in [9.17, 15) is 8.42 Å². The molecule has 1 fully saturated rings. The maximum absolute atomic E-state index is 13.1. The Morgan fingerprint density at radius 2 is 1.77 bits per heavy atom. The smallest absolute Gasteiger partial charge is 0.236 e. The van der Waals surface area contributed by atoms with E-state index < -0.39 is 10.0 Å². The van der Waals surface area contributed by atoms with Crippen molar-refractivity contribution in [2.75, 3.05) is 48.2 Å². The zero-order valence-electron chi connectivity index (χ0n) is 16.8. The molecule has 2 aromatic carbocycles. The number of nitrogens with one attached hydrogen (secondary N) is 1. The maximum atomic E-state index is 13.1. The molecule has 0 bridgehead atoms. The molecule has 0 radical (unpaired) electrons. The lowest BCUT2D eigenvalue weighted by Gasteiger charge is -2.29. The fourth-order valence-electron chi connectivity index (χ4n) is 3.46. The highest BCUT2D eigenvalue weighted by Gasteiger charge is 2.24. The summed E-state index contributed by atoms with van der Waals surface area (Å²) in [4.78, 5) is 11.4. The second-order valence-corrected chi connectivity index (χ2v) is 9.82. The number of aryl methyl sites for hydroxylation is 1. The Bertz CT molecular complexity index is 1130. The fourth-order valence-corrected chi connectivity index (χ4v) is 4.76. The highest BCUT2D eigenvalue weighted by Crippen LogP contribution is 2.28. The lowest BCUT2D eigenvalue weighted by atomic mass is 10.2. The molecular formula is C21H24ClN5O2S. The first-order chi connectivity index (χ1) is 14.4. The van der Waals surface area contributed by atoms with Gasteiger partial charge in [0.05, 0.1) is 11.3 Å². The van der Waals surface area contributed by atoms with Gasteiger partial charge in [-0.3, -0.25) is 4.31 Å². The lowest BCUT2D eigenvalue weighted by molar-refractivity contribution is 0.580. The van der Waals surface area contributed by atoms with Gasteiger partial charge in [0.2, 0.25) is 16.0 Å². The van der Waals surface area contributed by atoms with Crippen LogP contribution >= 0.6 is 11.6 Å². The number of hydrogen-bond donors (Lipinski definition) is 1. The van der Waals surface area contributed by atoms with E-state index in [1.165, 1.54) is 4.31 Å². The summed E-state index contributed by atoms with van der Waals surface area (Å²) < 4.78 is 27.5. The predicted molar refractivity (Wildman–Crippen MR) is 122 cm³/mol. The molecule has 30 heavy (non-hydrogen) atoms. The van der Waals surface area contributed by atoms with E-state index in [0.29, 0.717) is 28.6 Å². The van der Waals surface area contributed by atoms with Gasteiger partial charge in [0, 0.05) is 43.6 Å². The second-order valence-electron chi connectivity index (χ2n) is 7.26. The van der Waals surface area contributed by atoms with E-state index >= 15 is 0 Å². The van der Waals surface area contributed by atoms with Crippen LogP contribution in [-0.4, -0.2) is 57.4 Å². The Balaban J connectivity index is 1.65. The molecule has 1 aliphatic heterocycles. The van der Waals surface area contributed by atoms with Crippen molar-refractivity contribution in [3.63, 3.8) is 0 Å². The lowest BCUT2D eigenvalue weighted by Crippen LogP contribution is -2.44. The van der Waals surface area contributed by atoms with Crippen LogP contribution in [0.25, 0.3) is 10.9 Å². The topological polar surface area (TPSA) is 78.4 Å². The molecule has 0 atom stereocenters. The largest absolute Gasteiger partial charge is 0.338 e. The van der Waals surface area contributed by atoms with E-state index in [2.05, 4.69) is 20.2 Å². The maximum Gasteiger partial charge on any atom is 0.236 e. The zero-order valence-corrected chi connectivity index (χ0v) is 18.3. The molecule has 9 heteroatoms. The minimum Gasteiger partial charge on any atom is -0.338 e. The fraction of sp³-hybridized carbons (Fsp3) is 0.333. The summed E-state index contributed by atoms with van der Waals surface area (Å²) >= 11 is 5.92. The normalized spacial score (nSPS) is 14.8. The van der Waals surface area contributed by atoms with Gasteiger partial charge in [-0.05, 0) is 36.2 Å². The summed E-state index contributed by atoms with van der Waals surface area (Å²) in [6.07, 6.45) is 0.400. The van der Waals surface area contributed by atoms with Crippen LogP contribution in [0.4, 0.5) is 11.8 Å². The van der Waals surface area contributed by atoms with Gasteiger partial charge in [-0.25, -0.2) is 13.4 Å². The van der Waals surface area contributed by atoms with Crippen molar-refractivity contribution in [3.05, 3.63) is 59.1 Å². The van der Waals surface area contributed by atoms with E-state index in [0.717, 1.165) is 37.3 Å². The highest BCUT2D eigenvalue weighted by atomic mass is 35.5. The standard InChI is InChI=1S/C21H24ClN5O2S/c1-26(30(28,29)15-10-16-6-8-17(22)9-7-16)20-18-4-2-3-5-19(18)24-21(25-20)27-13-11-23-12-14-27/h2-9,23H,10-15H2,1H3. The Morgan fingerprint density at radius 1 is 1.07 bits per heavy atom. The number of halogens is 1. The quantitative estimate of drug-likeness (QED) is 0.628. The molecular weight excluding hydrogens is 422 g/mol. The molecule has 3 aromatic rings. The molecule has 1 aromatic heterocycles. The van der Waals surface area contributed by atoms with Gasteiger partial charge in [0.1, 0.15) is 0 Å². The Morgan fingerprint density at radius 3 is 2.50 bits per heavy atom. The number of benzene rings is 2. The number of nitrogens with zero attached hydrogens (tertiary/aromatic N) is 4. The van der Waals surface area contributed by atoms with Gasteiger partial charge in [-0.2, -0.15) is 4.98 Å². The molecule has 0 unspecified atom stereocenters. The van der Waals surface area contributed by atoms with E-state index in [1.807, 2.05) is 36.4 Å². The van der Waals surface area contributed by atoms with Crippen molar-refractivity contribution in [2.45, 2.75) is 6.42 Å². The molecule has 4 rings (SSSR count). The Kier molecular flexibility index (Phi) is 6.08. The van der Waals surface area contributed by atoms with Crippen molar-refractivity contribution < 1.29 is 8.42 Å². The summed E-state index contributed by atoms with van der Waals surface area (Å²) in [5, 5.41) is 4.65. The molecule has 158 valence electrons. The minimum atomic E-state index is -3.58.